The van der Waals surface area contributed by atoms with E-state index in [1.54, 1.807) is 19.9 Å². The maximum Gasteiger partial charge on any atom is 0.287 e. The van der Waals surface area contributed by atoms with Gasteiger partial charge in [-0.3, -0.25) is 4.79 Å². The van der Waals surface area contributed by atoms with Gasteiger partial charge >= 0.3 is 0 Å². The maximum atomic E-state index is 12.6. The van der Waals surface area contributed by atoms with Gasteiger partial charge in [0.1, 0.15) is 17.9 Å². The predicted molar refractivity (Wildman–Crippen MR) is 107 cm³/mol. The van der Waals surface area contributed by atoms with E-state index in [0.29, 0.717) is 12.3 Å². The van der Waals surface area contributed by atoms with Crippen LogP contribution < -0.4 is 5.43 Å². The van der Waals surface area contributed by atoms with E-state index in [-0.39, 0.29) is 12.0 Å². The highest BCUT2D eigenvalue weighted by Gasteiger charge is 2.66. The molecule has 2 N–H and O–H groups in total. The first-order chi connectivity index (χ1) is 14.2. The van der Waals surface area contributed by atoms with Crippen LogP contribution in [0.3, 0.4) is 0 Å². The van der Waals surface area contributed by atoms with Crippen molar-refractivity contribution < 1.29 is 28.5 Å². The van der Waals surface area contributed by atoms with Crippen molar-refractivity contribution in [1.82, 2.24) is 10.4 Å². The largest absolute Gasteiger partial charge is 0.350 e. The van der Waals surface area contributed by atoms with Crippen LogP contribution in [0.5, 0.6) is 0 Å². The zero-order chi connectivity index (χ0) is 21.1. The van der Waals surface area contributed by atoms with Crippen LogP contribution in [0, 0.1) is 0 Å². The van der Waals surface area contributed by atoms with Gasteiger partial charge in [-0.25, -0.2) is 5.43 Å². The molecule has 4 heterocycles. The number of nitrogens with one attached hydrogen (secondary N) is 2. The lowest BCUT2D eigenvalue weighted by molar-refractivity contribution is -0.208. The van der Waals surface area contributed by atoms with Crippen LogP contribution in [-0.2, 0) is 23.7 Å². The van der Waals surface area contributed by atoms with E-state index in [1.165, 1.54) is 6.21 Å². The second kappa shape index (κ2) is 6.60. The molecule has 0 aliphatic carbocycles. The standard InChI is InChI=1S/C21H25N3O6/c1-19(2)27-15-10-26-18-21(16(15)28-19,30-20(3,4)29-18)11-22-24-17(25)14-9-12-7-5-6-8-13(12)23-14/h5-9,11,15-16,18,23H,10H2,1-4H3,(H,24,25)/b22-11-. The molecule has 160 valence electrons. The van der Waals surface area contributed by atoms with Crippen LogP contribution in [0.1, 0.15) is 38.2 Å². The van der Waals surface area contributed by atoms with Crippen LogP contribution in [0.2, 0.25) is 0 Å². The van der Waals surface area contributed by atoms with E-state index in [4.69, 9.17) is 23.7 Å². The Balaban J connectivity index is 1.40. The molecule has 0 spiro atoms. The average Bonchev–Trinajstić information content (AvgIpc) is 3.31. The Morgan fingerprint density at radius 2 is 1.97 bits per heavy atom. The topological polar surface area (TPSA) is 103 Å². The number of aromatic nitrogens is 1. The van der Waals surface area contributed by atoms with E-state index in [9.17, 15) is 4.79 Å². The Kier molecular flexibility index (Phi) is 4.32. The molecule has 9 heteroatoms. The highest BCUT2D eigenvalue weighted by atomic mass is 16.9. The molecule has 0 radical (unpaired) electrons. The number of ether oxygens (including phenoxy) is 5. The number of H-pyrrole nitrogens is 1. The summed E-state index contributed by atoms with van der Waals surface area (Å²) in [6.07, 6.45) is -0.0829. The number of carbonyl (C=O) groups is 1. The minimum Gasteiger partial charge on any atom is -0.350 e. The number of carbonyl (C=O) groups excluding carboxylic acids is 1. The molecular formula is C21H25N3O6. The lowest BCUT2D eigenvalue weighted by Crippen LogP contribution is -2.62. The normalized spacial score (nSPS) is 34.2. The number of fused-ring (bicyclic) bond motifs is 4. The minimum atomic E-state index is -1.16. The van der Waals surface area contributed by atoms with E-state index in [0.717, 1.165) is 10.9 Å². The number of nitrogens with zero attached hydrogens (tertiary/aromatic N) is 1. The molecule has 3 aliphatic rings. The predicted octanol–water partition coefficient (Wildman–Crippen LogP) is 2.28. The summed E-state index contributed by atoms with van der Waals surface area (Å²) in [7, 11) is 0. The fourth-order valence-electron chi connectivity index (χ4n) is 4.33. The first-order valence-electron chi connectivity index (χ1n) is 9.95. The lowest BCUT2D eigenvalue weighted by Gasteiger charge is -2.39. The highest BCUT2D eigenvalue weighted by molar-refractivity contribution is 5.98. The van der Waals surface area contributed by atoms with Crippen LogP contribution in [0.25, 0.3) is 10.9 Å². The van der Waals surface area contributed by atoms with Gasteiger partial charge in [0.05, 0.1) is 12.8 Å². The monoisotopic (exact) mass is 415 g/mol. The Hall–Kier alpha value is -2.30. The third-order valence-corrected chi connectivity index (χ3v) is 5.43. The fraction of sp³-hybridized carbons (Fsp3) is 0.524. The average molecular weight is 415 g/mol. The minimum absolute atomic E-state index is 0.315. The summed E-state index contributed by atoms with van der Waals surface area (Å²) < 4.78 is 30.1. The summed E-state index contributed by atoms with van der Waals surface area (Å²) in [5.41, 5.74) is 2.68. The molecule has 1 amide bonds. The molecule has 3 aliphatic heterocycles. The van der Waals surface area contributed by atoms with Crippen molar-refractivity contribution in [2.45, 2.75) is 63.4 Å². The van der Waals surface area contributed by atoms with Gasteiger partial charge in [0, 0.05) is 10.9 Å². The molecule has 30 heavy (non-hydrogen) atoms. The van der Waals surface area contributed by atoms with Crippen molar-refractivity contribution in [2.75, 3.05) is 6.61 Å². The molecule has 1 aromatic carbocycles. The molecule has 2 aromatic rings. The second-order valence-electron chi connectivity index (χ2n) is 8.70. The van der Waals surface area contributed by atoms with Gasteiger partial charge in [-0.15, -0.1) is 0 Å². The van der Waals surface area contributed by atoms with Crippen molar-refractivity contribution in [1.29, 1.82) is 0 Å². The van der Waals surface area contributed by atoms with Crippen LogP contribution in [0.15, 0.2) is 35.4 Å². The van der Waals surface area contributed by atoms with Crippen molar-refractivity contribution in [3.8, 4) is 0 Å². The van der Waals surface area contributed by atoms with Crippen molar-refractivity contribution >= 4 is 23.0 Å². The van der Waals surface area contributed by atoms with Gasteiger partial charge in [0.25, 0.3) is 5.91 Å². The smallest absolute Gasteiger partial charge is 0.287 e. The quantitative estimate of drug-likeness (QED) is 0.589. The Labute approximate surface area is 173 Å². The zero-order valence-electron chi connectivity index (χ0n) is 17.3. The number of hydrazone groups is 1. The number of amides is 1. The van der Waals surface area contributed by atoms with Crippen molar-refractivity contribution in [3.05, 3.63) is 36.0 Å². The van der Waals surface area contributed by atoms with Gasteiger partial charge in [0.15, 0.2) is 23.5 Å². The Morgan fingerprint density at radius 1 is 1.17 bits per heavy atom. The number of hydrogen-bond acceptors (Lipinski definition) is 7. The van der Waals surface area contributed by atoms with Gasteiger partial charge in [-0.05, 0) is 39.8 Å². The van der Waals surface area contributed by atoms with Gasteiger partial charge in [-0.1, -0.05) is 18.2 Å². The number of rotatable bonds is 3. The number of para-hydroxylation sites is 1. The first kappa shape index (κ1) is 19.7. The Morgan fingerprint density at radius 3 is 2.77 bits per heavy atom. The number of aromatic amines is 1. The van der Waals surface area contributed by atoms with Crippen LogP contribution in [-0.4, -0.2) is 59.4 Å². The van der Waals surface area contributed by atoms with Gasteiger partial charge < -0.3 is 28.7 Å². The summed E-state index contributed by atoms with van der Waals surface area (Å²) >= 11 is 0. The molecule has 9 nitrogen and oxygen atoms in total. The van der Waals surface area contributed by atoms with Crippen LogP contribution in [0.4, 0.5) is 0 Å². The SMILES string of the molecule is CC1(C)OC2COC3OC(C)(C)OC3(/C=N\NC(=O)c3cc4ccccc4[nH]3)C2O1. The van der Waals surface area contributed by atoms with Crippen molar-refractivity contribution in [3.63, 3.8) is 0 Å². The third kappa shape index (κ3) is 3.23. The zero-order valence-corrected chi connectivity index (χ0v) is 17.3. The first-order valence-corrected chi connectivity index (χ1v) is 9.95. The van der Waals surface area contributed by atoms with Gasteiger partial charge in [0.2, 0.25) is 0 Å². The Bertz CT molecular complexity index is 982. The van der Waals surface area contributed by atoms with E-state index < -0.39 is 29.6 Å². The summed E-state index contributed by atoms with van der Waals surface area (Å²) in [5.74, 6) is -2.08. The highest BCUT2D eigenvalue weighted by Crippen LogP contribution is 2.47. The van der Waals surface area contributed by atoms with E-state index >= 15 is 0 Å². The molecule has 3 saturated heterocycles. The maximum absolute atomic E-state index is 12.6. The number of hydrogen-bond donors (Lipinski definition) is 2. The number of benzene rings is 1. The van der Waals surface area contributed by atoms with E-state index in [1.807, 2.05) is 38.1 Å². The van der Waals surface area contributed by atoms with E-state index in [2.05, 4.69) is 15.5 Å². The lowest BCUT2D eigenvalue weighted by atomic mass is 9.91. The third-order valence-electron chi connectivity index (χ3n) is 5.43. The van der Waals surface area contributed by atoms with Gasteiger partial charge in [-0.2, -0.15) is 5.10 Å². The van der Waals surface area contributed by atoms with Crippen LogP contribution >= 0.6 is 0 Å². The summed E-state index contributed by atoms with van der Waals surface area (Å²) in [4.78, 5) is 15.7. The summed E-state index contributed by atoms with van der Waals surface area (Å²) in [6, 6.07) is 9.43. The fourth-order valence-corrected chi connectivity index (χ4v) is 4.33. The molecule has 3 fully saturated rings. The molecule has 4 unspecified atom stereocenters. The van der Waals surface area contributed by atoms with Crippen molar-refractivity contribution in [2.24, 2.45) is 5.10 Å². The molecule has 1 aromatic heterocycles. The molecule has 0 bridgehead atoms. The summed E-state index contributed by atoms with van der Waals surface area (Å²) in [6.45, 7) is 7.58. The molecular weight excluding hydrogens is 390 g/mol. The molecule has 4 atom stereocenters. The second-order valence-corrected chi connectivity index (χ2v) is 8.70. The molecule has 5 rings (SSSR count). The summed E-state index contributed by atoms with van der Waals surface area (Å²) in [5, 5.41) is 5.13. The molecule has 0 saturated carbocycles.